The monoisotopic (exact) mass is 568 g/mol. The molecule has 2 aliphatic rings. The summed E-state index contributed by atoms with van der Waals surface area (Å²) in [5, 5.41) is 18.7. The molecule has 1 aromatic heterocycles. The van der Waals surface area contributed by atoms with Crippen LogP contribution in [0.2, 0.25) is 0 Å². The molecule has 3 heterocycles. The quantitative estimate of drug-likeness (QED) is 0.411. The van der Waals surface area contributed by atoms with E-state index in [0.29, 0.717) is 39.1 Å². The third kappa shape index (κ3) is 7.44. The molecule has 2 saturated heterocycles. The van der Waals surface area contributed by atoms with E-state index in [4.69, 9.17) is 4.74 Å². The van der Waals surface area contributed by atoms with Gasteiger partial charge in [0.05, 0.1) is 23.3 Å². The average molecular weight is 569 g/mol. The third-order valence-corrected chi connectivity index (χ3v) is 7.99. The number of hydrogen-bond donors (Lipinski definition) is 1. The van der Waals surface area contributed by atoms with Gasteiger partial charge in [0.25, 0.3) is 5.91 Å². The van der Waals surface area contributed by atoms with Crippen LogP contribution in [-0.2, 0) is 16.0 Å². The lowest BCUT2D eigenvalue weighted by molar-refractivity contribution is -0.136. The number of carboxylic acid groups (broad SMARTS) is 1. The number of ether oxygens (including phenoxy) is 1. The number of nitrogens with zero attached hydrogens (tertiary/aromatic N) is 6. The summed E-state index contributed by atoms with van der Waals surface area (Å²) in [7, 11) is 1.67. The zero-order valence-electron chi connectivity index (χ0n) is 24.8. The first-order valence-corrected chi connectivity index (χ1v) is 14.8. The standard InChI is InChI=1S/C30H44N6O5/c1-21(2)18-35(25-17-23(19-34(20-25)30(39)40)28(37)33-14-6-7-15-33)29(38)27-26(9-5-8-16-41-4)36(32-31-27)24-12-10-22(3)11-13-24/h10-13,21,23,25H,5-9,14-20H2,1-4H3,(H,39,40)/t23-,25+/m1/s1. The molecule has 1 N–H and O–H groups in total. The van der Waals surface area contributed by atoms with Gasteiger partial charge in [-0.15, -0.1) is 5.10 Å². The second-order valence-corrected chi connectivity index (χ2v) is 11.7. The Balaban J connectivity index is 1.66. The first-order valence-electron chi connectivity index (χ1n) is 14.8. The number of likely N-dealkylation sites (tertiary alicyclic amines) is 2. The molecule has 2 atom stereocenters. The van der Waals surface area contributed by atoms with Crippen molar-refractivity contribution in [2.75, 3.05) is 46.4 Å². The Morgan fingerprint density at radius 2 is 1.78 bits per heavy atom. The van der Waals surface area contributed by atoms with Crippen LogP contribution in [0.5, 0.6) is 0 Å². The summed E-state index contributed by atoms with van der Waals surface area (Å²) in [5.74, 6) is -0.644. The molecular formula is C30H44N6O5. The van der Waals surface area contributed by atoms with Crippen LogP contribution in [0.1, 0.15) is 67.7 Å². The van der Waals surface area contributed by atoms with Gasteiger partial charge < -0.3 is 24.5 Å². The summed E-state index contributed by atoms with van der Waals surface area (Å²) in [6.07, 6.45) is 3.49. The molecule has 0 unspecified atom stereocenters. The van der Waals surface area contributed by atoms with Crippen molar-refractivity contribution < 1.29 is 24.2 Å². The zero-order valence-corrected chi connectivity index (χ0v) is 24.8. The van der Waals surface area contributed by atoms with Crippen LogP contribution in [0.3, 0.4) is 0 Å². The predicted octanol–water partition coefficient (Wildman–Crippen LogP) is 3.63. The summed E-state index contributed by atoms with van der Waals surface area (Å²) in [6, 6.07) is 7.47. The normalized spacial score (nSPS) is 19.1. The molecule has 0 radical (unpaired) electrons. The smallest absolute Gasteiger partial charge is 0.407 e. The van der Waals surface area contributed by atoms with E-state index in [1.807, 2.05) is 49.9 Å². The molecule has 4 rings (SSSR count). The molecule has 0 aliphatic carbocycles. The Hall–Kier alpha value is -3.47. The van der Waals surface area contributed by atoms with Gasteiger partial charge in [-0.25, -0.2) is 9.48 Å². The van der Waals surface area contributed by atoms with Gasteiger partial charge >= 0.3 is 6.09 Å². The number of rotatable bonds is 11. The molecule has 41 heavy (non-hydrogen) atoms. The van der Waals surface area contributed by atoms with Crippen molar-refractivity contribution in [3.8, 4) is 5.69 Å². The number of methoxy groups -OCH3 is 1. The lowest BCUT2D eigenvalue weighted by atomic mass is 9.91. The maximum atomic E-state index is 14.3. The number of carbonyl (C=O) groups is 3. The highest BCUT2D eigenvalue weighted by Gasteiger charge is 2.41. The molecule has 0 saturated carbocycles. The third-order valence-electron chi connectivity index (χ3n) is 7.99. The largest absolute Gasteiger partial charge is 0.465 e. The minimum absolute atomic E-state index is 0.0143. The van der Waals surface area contributed by atoms with Gasteiger partial charge in [-0.2, -0.15) is 0 Å². The first kappa shape index (κ1) is 30.5. The maximum Gasteiger partial charge on any atom is 0.407 e. The number of carbonyl (C=O) groups excluding carboxylic acids is 2. The van der Waals surface area contributed by atoms with E-state index in [0.717, 1.165) is 42.6 Å². The number of piperidine rings is 1. The Morgan fingerprint density at radius 3 is 2.41 bits per heavy atom. The fourth-order valence-electron chi connectivity index (χ4n) is 5.88. The number of unbranched alkanes of at least 4 members (excludes halogenated alkanes) is 1. The van der Waals surface area contributed by atoms with Crippen LogP contribution in [0.25, 0.3) is 5.69 Å². The van der Waals surface area contributed by atoms with Gasteiger partial charge in [0.15, 0.2) is 5.69 Å². The second kappa shape index (κ2) is 13.9. The summed E-state index contributed by atoms with van der Waals surface area (Å²) in [5.41, 5.74) is 2.94. The molecule has 2 aromatic rings. The summed E-state index contributed by atoms with van der Waals surface area (Å²) < 4.78 is 6.96. The Bertz CT molecular complexity index is 1190. The van der Waals surface area contributed by atoms with Crippen molar-refractivity contribution in [3.63, 3.8) is 0 Å². The molecular weight excluding hydrogens is 524 g/mol. The van der Waals surface area contributed by atoms with E-state index >= 15 is 0 Å². The topological polar surface area (TPSA) is 121 Å². The molecule has 0 bridgehead atoms. The Kier molecular flexibility index (Phi) is 10.4. The average Bonchev–Trinajstić information content (AvgIpc) is 3.64. The van der Waals surface area contributed by atoms with E-state index in [2.05, 4.69) is 10.3 Å². The minimum Gasteiger partial charge on any atom is -0.465 e. The summed E-state index contributed by atoms with van der Waals surface area (Å²) in [6.45, 7) is 8.83. The van der Waals surface area contributed by atoms with Gasteiger partial charge in [0.1, 0.15) is 0 Å². The van der Waals surface area contributed by atoms with Crippen LogP contribution in [0, 0.1) is 18.8 Å². The number of amides is 3. The maximum absolute atomic E-state index is 14.3. The molecule has 2 fully saturated rings. The number of hydrogen-bond acceptors (Lipinski definition) is 6. The van der Waals surface area contributed by atoms with E-state index in [1.54, 1.807) is 16.7 Å². The van der Waals surface area contributed by atoms with Crippen molar-refractivity contribution in [2.45, 2.75) is 65.3 Å². The second-order valence-electron chi connectivity index (χ2n) is 11.7. The Morgan fingerprint density at radius 1 is 1.07 bits per heavy atom. The molecule has 2 aliphatic heterocycles. The fourth-order valence-corrected chi connectivity index (χ4v) is 5.88. The van der Waals surface area contributed by atoms with Crippen molar-refractivity contribution >= 4 is 17.9 Å². The molecule has 0 spiro atoms. The van der Waals surface area contributed by atoms with Crippen LogP contribution < -0.4 is 0 Å². The number of aromatic nitrogens is 3. The zero-order chi connectivity index (χ0) is 29.5. The predicted molar refractivity (Wildman–Crippen MR) is 154 cm³/mol. The van der Waals surface area contributed by atoms with Crippen LogP contribution in [0.15, 0.2) is 24.3 Å². The van der Waals surface area contributed by atoms with Gasteiger partial charge in [-0.1, -0.05) is 36.8 Å². The van der Waals surface area contributed by atoms with Crippen molar-refractivity contribution in [2.24, 2.45) is 11.8 Å². The molecule has 11 heteroatoms. The fraction of sp³-hybridized carbons (Fsp3) is 0.633. The van der Waals surface area contributed by atoms with Crippen molar-refractivity contribution in [1.29, 1.82) is 0 Å². The highest BCUT2D eigenvalue weighted by molar-refractivity contribution is 5.94. The number of aryl methyl sites for hydroxylation is 1. The van der Waals surface area contributed by atoms with Gasteiger partial charge in [-0.3, -0.25) is 9.59 Å². The lowest BCUT2D eigenvalue weighted by Crippen LogP contribution is -2.57. The lowest BCUT2D eigenvalue weighted by Gasteiger charge is -2.42. The molecule has 11 nitrogen and oxygen atoms in total. The van der Waals surface area contributed by atoms with E-state index in [-0.39, 0.29) is 36.5 Å². The minimum atomic E-state index is -1.07. The Labute approximate surface area is 242 Å². The molecule has 224 valence electrons. The van der Waals surface area contributed by atoms with E-state index < -0.39 is 18.1 Å². The summed E-state index contributed by atoms with van der Waals surface area (Å²) >= 11 is 0. The highest BCUT2D eigenvalue weighted by Crippen LogP contribution is 2.27. The van der Waals surface area contributed by atoms with Gasteiger partial charge in [-0.05, 0) is 63.5 Å². The van der Waals surface area contributed by atoms with E-state index in [1.165, 1.54) is 4.90 Å². The van der Waals surface area contributed by atoms with Crippen molar-refractivity contribution in [1.82, 2.24) is 29.7 Å². The van der Waals surface area contributed by atoms with Crippen LogP contribution in [0.4, 0.5) is 4.79 Å². The molecule has 3 amide bonds. The van der Waals surface area contributed by atoms with Gasteiger partial charge in [0, 0.05) is 46.4 Å². The SMILES string of the molecule is COCCCCc1c(C(=O)N(CC(C)C)[C@H]2C[C@@H](C(=O)N3CCCC3)CN(C(=O)O)C2)nnn1-c1ccc(C)cc1. The molecule has 1 aromatic carbocycles. The van der Waals surface area contributed by atoms with Crippen LogP contribution in [-0.4, -0.2) is 105 Å². The summed E-state index contributed by atoms with van der Waals surface area (Å²) in [4.78, 5) is 44.7. The highest BCUT2D eigenvalue weighted by atomic mass is 16.5. The van der Waals surface area contributed by atoms with E-state index in [9.17, 15) is 19.5 Å². The van der Waals surface area contributed by atoms with Gasteiger partial charge in [0.2, 0.25) is 5.91 Å². The van der Waals surface area contributed by atoms with Crippen molar-refractivity contribution in [3.05, 3.63) is 41.2 Å². The first-order chi connectivity index (χ1) is 19.7. The number of benzene rings is 1. The van der Waals surface area contributed by atoms with Crippen LogP contribution >= 0.6 is 0 Å².